The Hall–Kier alpha value is -4.70. The summed E-state index contributed by atoms with van der Waals surface area (Å²) in [5.41, 5.74) is 13.4. The third-order valence-corrected chi connectivity index (χ3v) is 6.28. The lowest BCUT2D eigenvalue weighted by Crippen LogP contribution is -2.56. The van der Waals surface area contributed by atoms with E-state index in [0.29, 0.717) is 5.69 Å². The average molecular weight is 461 g/mol. The predicted molar refractivity (Wildman–Crippen MR) is 133 cm³/mol. The van der Waals surface area contributed by atoms with Gasteiger partial charge in [-0.05, 0) is 36.4 Å². The maximum atomic E-state index is 5.93. The van der Waals surface area contributed by atoms with E-state index >= 15 is 0 Å². The largest absolute Gasteiger partial charge is 0.353 e. The number of nitrogens with two attached hydrogens (primary N) is 1. The number of hydrogen-bond acceptors (Lipinski definition) is 8. The minimum absolute atomic E-state index is 0.189. The molecule has 0 aromatic carbocycles. The molecule has 0 atom stereocenters. The molecule has 6 aromatic heterocycles. The summed E-state index contributed by atoms with van der Waals surface area (Å²) >= 11 is 0. The Labute approximate surface area is 199 Å². The van der Waals surface area contributed by atoms with Crippen LogP contribution in [0.15, 0.2) is 67.4 Å². The molecule has 0 spiro atoms. The van der Waals surface area contributed by atoms with Gasteiger partial charge < -0.3 is 15.6 Å². The van der Waals surface area contributed by atoms with E-state index in [1.165, 1.54) is 0 Å². The second-order valence-electron chi connectivity index (χ2n) is 8.63. The van der Waals surface area contributed by atoms with Crippen molar-refractivity contribution in [1.82, 2.24) is 40.1 Å². The highest BCUT2D eigenvalue weighted by atomic mass is 15.3. The Morgan fingerprint density at radius 1 is 0.857 bits per heavy atom. The fourth-order valence-corrected chi connectivity index (χ4v) is 4.48. The van der Waals surface area contributed by atoms with Crippen LogP contribution in [0.2, 0.25) is 0 Å². The lowest BCUT2D eigenvalue weighted by Gasteiger charge is -2.37. The average Bonchev–Trinajstić information content (AvgIpc) is 3.51. The van der Waals surface area contributed by atoms with E-state index in [1.54, 1.807) is 31.0 Å². The zero-order chi connectivity index (χ0) is 23.4. The van der Waals surface area contributed by atoms with Gasteiger partial charge in [0.15, 0.2) is 0 Å². The van der Waals surface area contributed by atoms with E-state index in [9.17, 15) is 0 Å². The van der Waals surface area contributed by atoms with Crippen LogP contribution in [0.1, 0.15) is 0 Å². The molecule has 1 saturated heterocycles. The fourth-order valence-electron chi connectivity index (χ4n) is 4.48. The van der Waals surface area contributed by atoms with Crippen LogP contribution in [-0.2, 0) is 0 Å². The van der Waals surface area contributed by atoms with Gasteiger partial charge in [-0.15, -0.1) is 0 Å². The van der Waals surface area contributed by atoms with Gasteiger partial charge in [-0.2, -0.15) is 5.10 Å². The monoisotopic (exact) mass is 460 g/mol. The second kappa shape index (κ2) is 7.67. The van der Waals surface area contributed by atoms with Gasteiger partial charge in [0.25, 0.3) is 0 Å². The van der Waals surface area contributed by atoms with Crippen LogP contribution in [0.3, 0.4) is 0 Å². The molecule has 4 N–H and O–H groups in total. The highest BCUT2D eigenvalue weighted by Crippen LogP contribution is 2.33. The molecular formula is C25H20N10. The van der Waals surface area contributed by atoms with Gasteiger partial charge in [-0.3, -0.25) is 20.1 Å². The molecule has 0 unspecified atom stereocenters. The van der Waals surface area contributed by atoms with Gasteiger partial charge in [-0.1, -0.05) is 0 Å². The van der Waals surface area contributed by atoms with Crippen molar-refractivity contribution in [2.75, 3.05) is 18.0 Å². The lowest BCUT2D eigenvalue weighted by atomic mass is 10.1. The highest BCUT2D eigenvalue weighted by molar-refractivity contribution is 5.99. The van der Waals surface area contributed by atoms with Crippen LogP contribution in [0.5, 0.6) is 0 Å². The number of H-pyrrole nitrogens is 2. The zero-order valence-electron chi connectivity index (χ0n) is 18.6. The van der Waals surface area contributed by atoms with E-state index in [1.807, 2.05) is 30.3 Å². The first kappa shape index (κ1) is 19.7. The van der Waals surface area contributed by atoms with Gasteiger partial charge in [0.1, 0.15) is 22.7 Å². The first-order chi connectivity index (χ1) is 17.2. The molecule has 10 nitrogen and oxygen atoms in total. The van der Waals surface area contributed by atoms with Crippen molar-refractivity contribution in [2.24, 2.45) is 5.73 Å². The molecule has 1 aliphatic rings. The summed E-state index contributed by atoms with van der Waals surface area (Å²) in [5, 5.41) is 8.67. The summed E-state index contributed by atoms with van der Waals surface area (Å²) in [6, 6.07) is 12.0. The van der Waals surface area contributed by atoms with Crippen molar-refractivity contribution in [3.8, 4) is 34.0 Å². The van der Waals surface area contributed by atoms with Crippen molar-refractivity contribution in [1.29, 1.82) is 0 Å². The number of aromatic amines is 2. The summed E-state index contributed by atoms with van der Waals surface area (Å²) < 4.78 is 0. The van der Waals surface area contributed by atoms with E-state index in [4.69, 9.17) is 15.7 Å². The number of pyridine rings is 3. The smallest absolute Gasteiger partial charge is 0.147 e. The highest BCUT2D eigenvalue weighted by Gasteiger charge is 2.25. The first-order valence-corrected chi connectivity index (χ1v) is 11.3. The molecule has 10 heteroatoms. The Bertz CT molecular complexity index is 1680. The SMILES string of the molecule is NC1CN(c2cncc(-c3ccc4[nH]nc(-c5cc6c(-c7ccncc7)nccc6[nH]5)c4n3)n2)C1. The van der Waals surface area contributed by atoms with E-state index in [2.05, 4.69) is 41.1 Å². The molecule has 1 aliphatic heterocycles. The minimum atomic E-state index is 0.189. The van der Waals surface area contributed by atoms with Gasteiger partial charge in [-0.25, -0.2) is 9.97 Å². The van der Waals surface area contributed by atoms with Crippen LogP contribution in [0, 0.1) is 0 Å². The maximum absolute atomic E-state index is 5.93. The molecular weight excluding hydrogens is 440 g/mol. The Kier molecular flexibility index (Phi) is 4.33. The predicted octanol–water partition coefficient (Wildman–Crippen LogP) is 3.17. The van der Waals surface area contributed by atoms with E-state index in [-0.39, 0.29) is 6.04 Å². The molecule has 0 bridgehead atoms. The molecule has 35 heavy (non-hydrogen) atoms. The first-order valence-electron chi connectivity index (χ1n) is 11.3. The zero-order valence-corrected chi connectivity index (χ0v) is 18.6. The summed E-state index contributed by atoms with van der Waals surface area (Å²) in [5.74, 6) is 0.810. The molecule has 0 amide bonds. The minimum Gasteiger partial charge on any atom is -0.353 e. The third kappa shape index (κ3) is 3.30. The van der Waals surface area contributed by atoms with Crippen molar-refractivity contribution in [3.63, 3.8) is 0 Å². The van der Waals surface area contributed by atoms with Gasteiger partial charge in [0.05, 0.1) is 35.0 Å². The molecule has 1 fully saturated rings. The molecule has 7 heterocycles. The number of nitrogens with zero attached hydrogens (tertiary/aromatic N) is 7. The Morgan fingerprint density at radius 2 is 1.74 bits per heavy atom. The number of anilines is 1. The summed E-state index contributed by atoms with van der Waals surface area (Å²) in [6.07, 6.45) is 8.82. The van der Waals surface area contributed by atoms with Gasteiger partial charge in [0.2, 0.25) is 0 Å². The van der Waals surface area contributed by atoms with Crippen molar-refractivity contribution < 1.29 is 0 Å². The summed E-state index contributed by atoms with van der Waals surface area (Å²) in [6.45, 7) is 1.57. The number of aromatic nitrogens is 8. The van der Waals surface area contributed by atoms with E-state index < -0.39 is 0 Å². The van der Waals surface area contributed by atoms with Crippen LogP contribution < -0.4 is 10.6 Å². The quantitative estimate of drug-likeness (QED) is 0.365. The fraction of sp³-hybridized carbons (Fsp3) is 0.120. The lowest BCUT2D eigenvalue weighted by molar-refractivity contribution is 0.514. The molecule has 0 radical (unpaired) electrons. The maximum Gasteiger partial charge on any atom is 0.147 e. The normalized spacial score (nSPS) is 14.0. The van der Waals surface area contributed by atoms with Crippen LogP contribution >= 0.6 is 0 Å². The van der Waals surface area contributed by atoms with Crippen LogP contribution in [-0.4, -0.2) is 59.2 Å². The van der Waals surface area contributed by atoms with Crippen molar-refractivity contribution >= 4 is 27.8 Å². The van der Waals surface area contributed by atoms with Gasteiger partial charge >= 0.3 is 0 Å². The Balaban J connectivity index is 1.31. The topological polar surface area (TPSA) is 138 Å². The second-order valence-corrected chi connectivity index (χ2v) is 8.63. The molecule has 7 rings (SSSR count). The number of rotatable bonds is 4. The molecule has 170 valence electrons. The molecule has 0 saturated carbocycles. The summed E-state index contributed by atoms with van der Waals surface area (Å²) in [7, 11) is 0. The molecule has 0 aliphatic carbocycles. The van der Waals surface area contributed by atoms with E-state index in [0.717, 1.165) is 69.2 Å². The van der Waals surface area contributed by atoms with Crippen molar-refractivity contribution in [2.45, 2.75) is 6.04 Å². The van der Waals surface area contributed by atoms with Crippen LogP contribution in [0.25, 0.3) is 56.0 Å². The third-order valence-electron chi connectivity index (χ3n) is 6.28. The standard InChI is InChI=1S/C25H20N10/c26-15-12-35(13-15)22-11-28-10-21(31-22)18-1-2-19-24(32-18)25(34-33-19)20-9-16-17(30-20)5-8-29-23(16)14-3-6-27-7-4-14/h1-11,15,30H,12-13,26H2,(H,33,34). The van der Waals surface area contributed by atoms with Crippen LogP contribution in [0.4, 0.5) is 5.82 Å². The Morgan fingerprint density at radius 3 is 2.60 bits per heavy atom. The number of nitrogens with one attached hydrogen (secondary N) is 2. The number of fused-ring (bicyclic) bond motifs is 2. The van der Waals surface area contributed by atoms with Gasteiger partial charge in [0, 0.05) is 54.2 Å². The molecule has 6 aromatic rings. The summed E-state index contributed by atoms with van der Waals surface area (Å²) in [4.78, 5) is 28.4. The van der Waals surface area contributed by atoms with Crippen molar-refractivity contribution in [3.05, 3.63) is 67.4 Å². The number of hydrogen-bond donors (Lipinski definition) is 3.